The van der Waals surface area contributed by atoms with Gasteiger partial charge in [0, 0.05) is 25.2 Å². The van der Waals surface area contributed by atoms with Gasteiger partial charge in [0.05, 0.1) is 6.10 Å². The summed E-state index contributed by atoms with van der Waals surface area (Å²) in [5.41, 5.74) is 0. The standard InChI is InChI=1S/C21H41NO/c1-4-6-8-9-11-13-18(12-10-7-5-2)22-19-14-15-20(22)17-21(16-19)23-3/h18-21H,4-17H2,1-3H3. The van der Waals surface area contributed by atoms with Gasteiger partial charge in [-0.15, -0.1) is 0 Å². The summed E-state index contributed by atoms with van der Waals surface area (Å²) >= 11 is 0. The number of ether oxygens (including phenoxy) is 1. The zero-order valence-electron chi connectivity index (χ0n) is 16.1. The van der Waals surface area contributed by atoms with Crippen molar-refractivity contribution in [1.82, 2.24) is 4.90 Å². The summed E-state index contributed by atoms with van der Waals surface area (Å²) < 4.78 is 5.70. The molecule has 2 heterocycles. The molecule has 0 aromatic heterocycles. The number of methoxy groups -OCH3 is 1. The fourth-order valence-electron chi connectivity index (χ4n) is 5.01. The van der Waals surface area contributed by atoms with Crippen molar-refractivity contribution in [1.29, 1.82) is 0 Å². The Hall–Kier alpha value is -0.0800. The first kappa shape index (κ1) is 19.2. The lowest BCUT2D eigenvalue weighted by molar-refractivity contribution is -0.0166. The summed E-state index contributed by atoms with van der Waals surface area (Å²) in [6.45, 7) is 4.64. The predicted octanol–water partition coefficient (Wildman–Crippen LogP) is 5.94. The van der Waals surface area contributed by atoms with E-state index >= 15 is 0 Å². The maximum atomic E-state index is 5.70. The summed E-state index contributed by atoms with van der Waals surface area (Å²) in [5, 5.41) is 0. The minimum Gasteiger partial charge on any atom is -0.381 e. The number of hydrogen-bond donors (Lipinski definition) is 0. The Kier molecular flexibility index (Phi) is 8.97. The van der Waals surface area contributed by atoms with E-state index in [1.165, 1.54) is 89.9 Å². The number of fused-ring (bicyclic) bond motifs is 2. The zero-order chi connectivity index (χ0) is 16.5. The van der Waals surface area contributed by atoms with Gasteiger partial charge in [-0.05, 0) is 38.5 Å². The van der Waals surface area contributed by atoms with Crippen LogP contribution < -0.4 is 0 Å². The summed E-state index contributed by atoms with van der Waals surface area (Å²) in [5.74, 6) is 0. The maximum Gasteiger partial charge on any atom is 0.0601 e. The van der Waals surface area contributed by atoms with Gasteiger partial charge in [-0.1, -0.05) is 65.2 Å². The molecule has 2 nitrogen and oxygen atoms in total. The number of unbranched alkanes of at least 4 members (excludes halogenated alkanes) is 6. The molecule has 3 atom stereocenters. The average Bonchev–Trinajstić information content (AvgIpc) is 2.82. The van der Waals surface area contributed by atoms with Gasteiger partial charge in [0.15, 0.2) is 0 Å². The highest BCUT2D eigenvalue weighted by molar-refractivity contribution is 4.98. The first-order chi connectivity index (χ1) is 11.3. The summed E-state index contributed by atoms with van der Waals surface area (Å²) in [7, 11) is 1.91. The van der Waals surface area contributed by atoms with Crippen molar-refractivity contribution < 1.29 is 4.74 Å². The van der Waals surface area contributed by atoms with Gasteiger partial charge < -0.3 is 4.74 Å². The van der Waals surface area contributed by atoms with Crippen molar-refractivity contribution >= 4 is 0 Å². The average molecular weight is 324 g/mol. The number of rotatable bonds is 12. The molecule has 2 aliphatic heterocycles. The van der Waals surface area contributed by atoms with Crippen molar-refractivity contribution in [2.24, 2.45) is 0 Å². The Morgan fingerprint density at radius 2 is 1.35 bits per heavy atom. The highest BCUT2D eigenvalue weighted by Crippen LogP contribution is 2.40. The van der Waals surface area contributed by atoms with Crippen LogP contribution in [0.25, 0.3) is 0 Å². The molecule has 0 aromatic carbocycles. The van der Waals surface area contributed by atoms with Crippen LogP contribution in [0.15, 0.2) is 0 Å². The van der Waals surface area contributed by atoms with Crippen LogP contribution in [0.3, 0.4) is 0 Å². The van der Waals surface area contributed by atoms with Crippen LogP contribution in [-0.4, -0.2) is 36.2 Å². The Balaban J connectivity index is 1.85. The Morgan fingerprint density at radius 1 is 0.826 bits per heavy atom. The summed E-state index contributed by atoms with van der Waals surface area (Å²) in [6.07, 6.45) is 20.1. The second-order valence-corrected chi connectivity index (χ2v) is 8.01. The molecule has 0 aromatic rings. The molecule has 2 aliphatic rings. The van der Waals surface area contributed by atoms with Gasteiger partial charge in [-0.2, -0.15) is 0 Å². The van der Waals surface area contributed by atoms with Gasteiger partial charge in [0.2, 0.25) is 0 Å². The fraction of sp³-hybridized carbons (Fsp3) is 1.00. The van der Waals surface area contributed by atoms with E-state index in [0.717, 1.165) is 18.1 Å². The molecule has 2 fully saturated rings. The minimum absolute atomic E-state index is 0.532. The van der Waals surface area contributed by atoms with E-state index in [1.54, 1.807) is 0 Å². The molecule has 0 radical (unpaired) electrons. The molecule has 2 rings (SSSR count). The summed E-state index contributed by atoms with van der Waals surface area (Å²) in [4.78, 5) is 2.96. The molecule has 0 spiro atoms. The second kappa shape index (κ2) is 10.7. The molecule has 136 valence electrons. The van der Waals surface area contributed by atoms with E-state index in [9.17, 15) is 0 Å². The monoisotopic (exact) mass is 323 g/mol. The van der Waals surface area contributed by atoms with Crippen molar-refractivity contribution in [3.05, 3.63) is 0 Å². The van der Waals surface area contributed by atoms with Crippen LogP contribution in [0.4, 0.5) is 0 Å². The van der Waals surface area contributed by atoms with Gasteiger partial charge >= 0.3 is 0 Å². The van der Waals surface area contributed by atoms with Crippen molar-refractivity contribution in [3.8, 4) is 0 Å². The molecular formula is C21H41NO. The van der Waals surface area contributed by atoms with Crippen LogP contribution in [0.2, 0.25) is 0 Å². The van der Waals surface area contributed by atoms with Gasteiger partial charge in [0.1, 0.15) is 0 Å². The molecule has 2 saturated heterocycles. The molecule has 0 saturated carbocycles. The van der Waals surface area contributed by atoms with Crippen LogP contribution in [0, 0.1) is 0 Å². The smallest absolute Gasteiger partial charge is 0.0601 e. The van der Waals surface area contributed by atoms with E-state index in [4.69, 9.17) is 4.74 Å². The fourth-order valence-corrected chi connectivity index (χ4v) is 5.01. The highest BCUT2D eigenvalue weighted by Gasteiger charge is 2.43. The number of nitrogens with zero attached hydrogens (tertiary/aromatic N) is 1. The molecule has 0 aliphatic carbocycles. The lowest BCUT2D eigenvalue weighted by Gasteiger charge is -2.43. The Labute approximate surface area is 145 Å². The van der Waals surface area contributed by atoms with Gasteiger partial charge in [-0.3, -0.25) is 4.90 Å². The Morgan fingerprint density at radius 3 is 1.91 bits per heavy atom. The third kappa shape index (κ3) is 5.74. The molecule has 3 unspecified atom stereocenters. The third-order valence-electron chi connectivity index (χ3n) is 6.28. The van der Waals surface area contributed by atoms with Crippen LogP contribution >= 0.6 is 0 Å². The van der Waals surface area contributed by atoms with Gasteiger partial charge in [-0.25, -0.2) is 0 Å². The Bertz CT molecular complexity index is 292. The predicted molar refractivity (Wildman–Crippen MR) is 100.0 cm³/mol. The third-order valence-corrected chi connectivity index (χ3v) is 6.28. The first-order valence-electron chi connectivity index (χ1n) is 10.6. The SMILES string of the molecule is CCCCCCCC(CCCCC)N1C2CCC1CC(OC)C2. The minimum atomic E-state index is 0.532. The van der Waals surface area contributed by atoms with Crippen molar-refractivity contribution in [3.63, 3.8) is 0 Å². The van der Waals surface area contributed by atoms with Crippen LogP contribution in [0.1, 0.15) is 104 Å². The molecular weight excluding hydrogens is 282 g/mol. The topological polar surface area (TPSA) is 12.5 Å². The number of hydrogen-bond acceptors (Lipinski definition) is 2. The first-order valence-corrected chi connectivity index (χ1v) is 10.6. The lowest BCUT2D eigenvalue weighted by atomic mass is 9.92. The molecule has 23 heavy (non-hydrogen) atoms. The lowest BCUT2D eigenvalue weighted by Crippen LogP contribution is -2.50. The van der Waals surface area contributed by atoms with E-state index < -0.39 is 0 Å². The largest absolute Gasteiger partial charge is 0.381 e. The molecule has 0 N–H and O–H groups in total. The van der Waals surface area contributed by atoms with E-state index in [1.807, 2.05) is 7.11 Å². The zero-order valence-corrected chi connectivity index (χ0v) is 16.1. The summed E-state index contributed by atoms with van der Waals surface area (Å²) in [6, 6.07) is 2.50. The van der Waals surface area contributed by atoms with E-state index in [-0.39, 0.29) is 0 Å². The van der Waals surface area contributed by atoms with Crippen molar-refractivity contribution in [2.75, 3.05) is 7.11 Å². The van der Waals surface area contributed by atoms with Gasteiger partial charge in [0.25, 0.3) is 0 Å². The second-order valence-electron chi connectivity index (χ2n) is 8.01. The van der Waals surface area contributed by atoms with E-state index in [0.29, 0.717) is 6.10 Å². The van der Waals surface area contributed by atoms with E-state index in [2.05, 4.69) is 18.7 Å². The van der Waals surface area contributed by atoms with Crippen LogP contribution in [0.5, 0.6) is 0 Å². The number of piperidine rings is 1. The molecule has 0 amide bonds. The molecule has 2 heteroatoms. The molecule has 2 bridgehead atoms. The van der Waals surface area contributed by atoms with Crippen LogP contribution in [-0.2, 0) is 4.74 Å². The normalized spacial score (nSPS) is 29.1. The quantitative estimate of drug-likeness (QED) is 0.412. The maximum absolute atomic E-state index is 5.70. The highest BCUT2D eigenvalue weighted by atomic mass is 16.5. The van der Waals surface area contributed by atoms with Crippen molar-refractivity contribution in [2.45, 2.75) is 128 Å².